The van der Waals surface area contributed by atoms with Crippen LogP contribution in [-0.4, -0.2) is 11.7 Å². The van der Waals surface area contributed by atoms with E-state index < -0.39 is 0 Å². The van der Waals surface area contributed by atoms with E-state index in [1.165, 1.54) is 0 Å². The molecule has 0 saturated carbocycles. The number of nitrogens with two attached hydrogens (primary N) is 2. The van der Waals surface area contributed by atoms with Gasteiger partial charge in [-0.3, -0.25) is 0 Å². The van der Waals surface area contributed by atoms with Crippen LogP contribution in [0.5, 0.6) is 5.75 Å². The molecule has 12 heavy (non-hydrogen) atoms. The van der Waals surface area contributed by atoms with E-state index in [9.17, 15) is 5.11 Å². The summed E-state index contributed by atoms with van der Waals surface area (Å²) in [5.41, 5.74) is 12.6. The number of aromatic hydroxyl groups is 1. The molecule has 3 nitrogen and oxygen atoms in total. The molecular weight excluding hydrogens is 152 g/mol. The van der Waals surface area contributed by atoms with Gasteiger partial charge in [-0.15, -0.1) is 0 Å². The minimum Gasteiger partial charge on any atom is -0.507 e. The number of rotatable bonds is 2. The topological polar surface area (TPSA) is 72.3 Å². The van der Waals surface area contributed by atoms with E-state index in [4.69, 9.17) is 11.5 Å². The normalized spacial score (nSPS) is 12.9. The predicted octanol–water partition coefficient (Wildman–Crippen LogP) is 0.659. The Hall–Kier alpha value is -1.06. The Morgan fingerprint density at radius 1 is 1.50 bits per heavy atom. The molecular formula is C9H14N2O. The van der Waals surface area contributed by atoms with Crippen LogP contribution in [0.1, 0.15) is 17.2 Å². The molecule has 0 heterocycles. The molecule has 1 atom stereocenters. The van der Waals surface area contributed by atoms with E-state index in [0.717, 1.165) is 11.1 Å². The fourth-order valence-electron chi connectivity index (χ4n) is 1.11. The summed E-state index contributed by atoms with van der Waals surface area (Å²) in [6, 6.07) is 5.21. The highest BCUT2D eigenvalue weighted by atomic mass is 16.3. The second kappa shape index (κ2) is 3.56. The maximum Gasteiger partial charge on any atom is 0.123 e. The fourth-order valence-corrected chi connectivity index (χ4v) is 1.11. The van der Waals surface area contributed by atoms with Gasteiger partial charge in [0.05, 0.1) is 0 Å². The van der Waals surface area contributed by atoms with Gasteiger partial charge in [-0.25, -0.2) is 0 Å². The molecule has 1 rings (SSSR count). The van der Waals surface area contributed by atoms with Crippen LogP contribution in [0.2, 0.25) is 0 Å². The van der Waals surface area contributed by atoms with Crippen molar-refractivity contribution in [2.75, 3.05) is 6.54 Å². The Morgan fingerprint density at radius 3 is 2.75 bits per heavy atom. The van der Waals surface area contributed by atoms with Crippen molar-refractivity contribution in [1.29, 1.82) is 0 Å². The number of benzene rings is 1. The van der Waals surface area contributed by atoms with Crippen LogP contribution in [0.15, 0.2) is 18.2 Å². The molecule has 0 aliphatic heterocycles. The monoisotopic (exact) mass is 166 g/mol. The summed E-state index contributed by atoms with van der Waals surface area (Å²) in [6.45, 7) is 2.18. The van der Waals surface area contributed by atoms with E-state index in [2.05, 4.69) is 0 Å². The number of aryl methyl sites for hydroxylation is 1. The molecule has 0 bridgehead atoms. The van der Waals surface area contributed by atoms with Gasteiger partial charge in [0.15, 0.2) is 0 Å². The molecule has 0 aromatic heterocycles. The first-order chi connectivity index (χ1) is 5.66. The van der Waals surface area contributed by atoms with Crippen LogP contribution in [0, 0.1) is 6.92 Å². The first-order valence-corrected chi connectivity index (χ1v) is 3.91. The van der Waals surface area contributed by atoms with Gasteiger partial charge in [0.1, 0.15) is 5.75 Å². The van der Waals surface area contributed by atoms with Crippen LogP contribution in [0.25, 0.3) is 0 Å². The number of phenolic OH excluding ortho intramolecular Hbond substituents is 1. The third-order valence-corrected chi connectivity index (χ3v) is 1.92. The Labute approximate surface area is 72.0 Å². The summed E-state index contributed by atoms with van der Waals surface area (Å²) in [5.74, 6) is 0.260. The summed E-state index contributed by atoms with van der Waals surface area (Å²) in [4.78, 5) is 0. The average Bonchev–Trinajstić information content (AvgIpc) is 2.08. The second-order valence-electron chi connectivity index (χ2n) is 2.85. The van der Waals surface area contributed by atoms with E-state index >= 15 is 0 Å². The zero-order valence-corrected chi connectivity index (χ0v) is 7.12. The second-order valence-corrected chi connectivity index (χ2v) is 2.85. The van der Waals surface area contributed by atoms with Crippen molar-refractivity contribution < 1.29 is 5.11 Å². The van der Waals surface area contributed by atoms with Crippen LogP contribution in [0.3, 0.4) is 0 Å². The molecule has 0 spiro atoms. The molecule has 3 heteroatoms. The van der Waals surface area contributed by atoms with Gasteiger partial charge in [-0.1, -0.05) is 18.2 Å². The van der Waals surface area contributed by atoms with Crippen molar-refractivity contribution in [2.24, 2.45) is 11.5 Å². The SMILES string of the molecule is Cc1cccc(C(N)CN)c1O. The standard InChI is InChI=1S/C9H14N2O/c1-6-3-2-4-7(9(6)12)8(11)5-10/h2-4,8,12H,5,10-11H2,1H3. The zero-order valence-electron chi connectivity index (χ0n) is 7.12. The molecule has 0 radical (unpaired) electrons. The lowest BCUT2D eigenvalue weighted by Crippen LogP contribution is -2.20. The van der Waals surface area contributed by atoms with Gasteiger partial charge in [0.25, 0.3) is 0 Å². The summed E-state index contributed by atoms with van der Waals surface area (Å²) in [5, 5.41) is 9.56. The molecule has 1 aromatic carbocycles. The average molecular weight is 166 g/mol. The molecule has 0 saturated heterocycles. The highest BCUT2D eigenvalue weighted by Gasteiger charge is 2.09. The third kappa shape index (κ3) is 1.57. The lowest BCUT2D eigenvalue weighted by Gasteiger charge is -2.12. The molecule has 66 valence electrons. The first kappa shape index (κ1) is 9.03. The minimum absolute atomic E-state index is 0.260. The molecule has 0 amide bonds. The van der Waals surface area contributed by atoms with Gasteiger partial charge in [-0.05, 0) is 12.5 Å². The molecule has 1 unspecified atom stereocenters. The van der Waals surface area contributed by atoms with Crippen molar-refractivity contribution >= 4 is 0 Å². The van der Waals surface area contributed by atoms with Crippen molar-refractivity contribution in [2.45, 2.75) is 13.0 Å². The number of hydrogen-bond donors (Lipinski definition) is 3. The maximum absolute atomic E-state index is 9.56. The van der Waals surface area contributed by atoms with Gasteiger partial charge in [0, 0.05) is 18.2 Å². The quantitative estimate of drug-likeness (QED) is 0.604. The molecule has 0 aliphatic carbocycles. The molecule has 0 aliphatic rings. The van der Waals surface area contributed by atoms with Gasteiger partial charge in [0.2, 0.25) is 0 Å². The summed E-state index contributed by atoms with van der Waals surface area (Å²) in [6.07, 6.45) is 0. The van der Waals surface area contributed by atoms with Crippen molar-refractivity contribution in [3.8, 4) is 5.75 Å². The summed E-state index contributed by atoms with van der Waals surface area (Å²) < 4.78 is 0. The van der Waals surface area contributed by atoms with Crippen LogP contribution in [-0.2, 0) is 0 Å². The van der Waals surface area contributed by atoms with Crippen molar-refractivity contribution in [3.63, 3.8) is 0 Å². The Balaban J connectivity index is 3.07. The van der Waals surface area contributed by atoms with E-state index in [-0.39, 0.29) is 11.8 Å². The lowest BCUT2D eigenvalue weighted by atomic mass is 10.0. The van der Waals surface area contributed by atoms with E-state index in [1.54, 1.807) is 6.07 Å². The van der Waals surface area contributed by atoms with E-state index in [0.29, 0.717) is 6.54 Å². The summed E-state index contributed by atoms with van der Waals surface area (Å²) >= 11 is 0. The van der Waals surface area contributed by atoms with Crippen molar-refractivity contribution in [3.05, 3.63) is 29.3 Å². The predicted molar refractivity (Wildman–Crippen MR) is 48.8 cm³/mol. The van der Waals surface area contributed by atoms with Gasteiger partial charge >= 0.3 is 0 Å². The lowest BCUT2D eigenvalue weighted by molar-refractivity contribution is 0.458. The van der Waals surface area contributed by atoms with E-state index in [1.807, 2.05) is 19.1 Å². The van der Waals surface area contributed by atoms with Gasteiger partial charge < -0.3 is 16.6 Å². The molecule has 1 aromatic rings. The highest BCUT2D eigenvalue weighted by molar-refractivity contribution is 5.41. The summed E-state index contributed by atoms with van der Waals surface area (Å²) in [7, 11) is 0. The highest BCUT2D eigenvalue weighted by Crippen LogP contribution is 2.25. The molecule has 0 fully saturated rings. The van der Waals surface area contributed by atoms with Crippen LogP contribution in [0.4, 0.5) is 0 Å². The maximum atomic E-state index is 9.56. The minimum atomic E-state index is -0.273. The zero-order chi connectivity index (χ0) is 9.14. The van der Waals surface area contributed by atoms with Gasteiger partial charge in [-0.2, -0.15) is 0 Å². The Morgan fingerprint density at radius 2 is 2.17 bits per heavy atom. The van der Waals surface area contributed by atoms with Crippen LogP contribution < -0.4 is 11.5 Å². The fraction of sp³-hybridized carbons (Fsp3) is 0.333. The Kier molecular flexibility index (Phi) is 2.68. The molecule has 5 N–H and O–H groups in total. The van der Waals surface area contributed by atoms with Crippen LogP contribution >= 0.6 is 0 Å². The largest absolute Gasteiger partial charge is 0.507 e. The number of phenols is 1. The Bertz CT molecular complexity index is 273. The smallest absolute Gasteiger partial charge is 0.123 e. The number of para-hydroxylation sites is 1. The van der Waals surface area contributed by atoms with Crippen molar-refractivity contribution in [1.82, 2.24) is 0 Å². The number of hydrogen-bond acceptors (Lipinski definition) is 3. The third-order valence-electron chi connectivity index (χ3n) is 1.92. The first-order valence-electron chi connectivity index (χ1n) is 3.91.